The van der Waals surface area contributed by atoms with E-state index < -0.39 is 19.0 Å². The summed E-state index contributed by atoms with van der Waals surface area (Å²) >= 11 is 5.86. The van der Waals surface area contributed by atoms with Gasteiger partial charge >= 0.3 is 13.6 Å². The van der Waals surface area contributed by atoms with E-state index in [1.807, 2.05) is 0 Å². The fourth-order valence-electron chi connectivity index (χ4n) is 1.53. The van der Waals surface area contributed by atoms with Gasteiger partial charge in [0.05, 0.1) is 17.1 Å². The highest BCUT2D eigenvalue weighted by Crippen LogP contribution is 2.33. The van der Waals surface area contributed by atoms with Gasteiger partial charge < -0.3 is 19.3 Å². The molecule has 3 N–H and O–H groups in total. The fraction of sp³-hybridized carbons (Fsp3) is 0.111. The number of carboxylic acid groups (broad SMARTS) is 1. The molecule has 0 amide bonds. The first-order valence-electron chi connectivity index (χ1n) is 4.73. The van der Waals surface area contributed by atoms with Crippen molar-refractivity contribution in [1.29, 1.82) is 0 Å². The van der Waals surface area contributed by atoms with Crippen LogP contribution < -0.4 is 5.44 Å². The average molecular weight is 291 g/mol. The third kappa shape index (κ3) is 2.39. The van der Waals surface area contributed by atoms with E-state index in [4.69, 9.17) is 26.5 Å². The van der Waals surface area contributed by atoms with Gasteiger partial charge in [-0.15, -0.1) is 0 Å². The molecule has 0 aliphatic heterocycles. The van der Waals surface area contributed by atoms with Gasteiger partial charge in [-0.1, -0.05) is 11.6 Å². The molecule has 0 unspecified atom stereocenters. The van der Waals surface area contributed by atoms with Crippen LogP contribution in [-0.2, 0) is 15.8 Å². The third-order valence-corrected chi connectivity index (χ3v) is 3.44. The maximum absolute atomic E-state index is 11.1. The van der Waals surface area contributed by atoms with Crippen LogP contribution in [0, 0.1) is 0 Å². The number of halogens is 1. The van der Waals surface area contributed by atoms with Gasteiger partial charge in [0.2, 0.25) is 0 Å². The summed E-state index contributed by atoms with van der Waals surface area (Å²) < 4.78 is 12.4. The third-order valence-electron chi connectivity index (χ3n) is 2.28. The van der Waals surface area contributed by atoms with E-state index in [0.29, 0.717) is 0 Å². The summed E-state index contributed by atoms with van der Waals surface area (Å²) in [6.45, 7) is 0. The zero-order valence-electron chi connectivity index (χ0n) is 8.82. The summed E-state index contributed by atoms with van der Waals surface area (Å²) in [6.07, 6.45) is 0.730. The van der Waals surface area contributed by atoms with Crippen molar-refractivity contribution in [1.82, 2.24) is 9.38 Å². The van der Waals surface area contributed by atoms with Crippen molar-refractivity contribution in [3.63, 3.8) is 0 Å². The van der Waals surface area contributed by atoms with Crippen LogP contribution >= 0.6 is 19.2 Å². The Morgan fingerprint density at radius 3 is 2.67 bits per heavy atom. The van der Waals surface area contributed by atoms with E-state index in [2.05, 4.69) is 4.98 Å². The molecular weight excluding hydrogens is 283 g/mol. The van der Waals surface area contributed by atoms with Crippen LogP contribution in [0.4, 0.5) is 0 Å². The predicted molar refractivity (Wildman–Crippen MR) is 63.2 cm³/mol. The lowest BCUT2D eigenvalue weighted by Crippen LogP contribution is -2.06. The van der Waals surface area contributed by atoms with E-state index >= 15 is 0 Å². The van der Waals surface area contributed by atoms with Gasteiger partial charge in [-0.2, -0.15) is 0 Å². The number of hydrogen-bond acceptors (Lipinski definition) is 3. The molecule has 2 aromatic rings. The van der Waals surface area contributed by atoms with E-state index in [1.165, 1.54) is 16.5 Å². The van der Waals surface area contributed by atoms with Crippen molar-refractivity contribution in [3.05, 3.63) is 29.0 Å². The Morgan fingerprint density at radius 1 is 1.44 bits per heavy atom. The molecule has 0 radical (unpaired) electrons. The molecule has 0 aliphatic carbocycles. The number of aliphatic carboxylic acids is 1. The standard InChI is InChI=1S/C9H8ClN2O5P/c10-5-1-2-7-11-8(18(15,16)17)4-12(7)6(5)3-9(13)14/h1-2,4H,3H2,(H,13,14)(H2,15,16,17). The SMILES string of the molecule is O=C(O)Cc1c(Cl)ccc2nc(P(=O)(O)O)cn12. The average Bonchev–Trinajstić information content (AvgIpc) is 2.65. The van der Waals surface area contributed by atoms with Gasteiger partial charge in [0.1, 0.15) is 5.65 Å². The van der Waals surface area contributed by atoms with Gasteiger partial charge in [0.25, 0.3) is 0 Å². The topological polar surface area (TPSA) is 112 Å². The Labute approximate surface area is 106 Å². The van der Waals surface area contributed by atoms with E-state index in [9.17, 15) is 9.36 Å². The molecule has 0 aromatic carbocycles. The molecular formula is C9H8ClN2O5P. The molecule has 0 atom stereocenters. The van der Waals surface area contributed by atoms with Gasteiger partial charge in [0.15, 0.2) is 5.44 Å². The fourth-order valence-corrected chi connectivity index (χ4v) is 2.25. The number of rotatable bonds is 3. The largest absolute Gasteiger partial charge is 0.481 e. The van der Waals surface area contributed by atoms with Gasteiger partial charge in [-0.3, -0.25) is 9.36 Å². The molecule has 0 fully saturated rings. The first-order chi connectivity index (χ1) is 8.29. The number of aromatic nitrogens is 2. The first-order valence-corrected chi connectivity index (χ1v) is 6.72. The molecule has 2 rings (SSSR count). The zero-order valence-corrected chi connectivity index (χ0v) is 10.5. The Bertz CT molecular complexity index is 677. The Morgan fingerprint density at radius 2 is 2.11 bits per heavy atom. The van der Waals surface area contributed by atoms with E-state index in [1.54, 1.807) is 0 Å². The van der Waals surface area contributed by atoms with Crippen molar-refractivity contribution >= 4 is 36.2 Å². The quantitative estimate of drug-likeness (QED) is 0.706. The monoisotopic (exact) mass is 290 g/mol. The van der Waals surface area contributed by atoms with Gasteiger partial charge in [0, 0.05) is 6.20 Å². The molecule has 2 heterocycles. The summed E-state index contributed by atoms with van der Waals surface area (Å²) in [5.74, 6) is -1.10. The summed E-state index contributed by atoms with van der Waals surface area (Å²) in [6, 6.07) is 2.89. The number of fused-ring (bicyclic) bond motifs is 1. The van der Waals surface area contributed by atoms with Crippen LogP contribution in [0.1, 0.15) is 5.69 Å². The lowest BCUT2D eigenvalue weighted by Gasteiger charge is -2.04. The molecule has 0 saturated heterocycles. The Balaban J connectivity index is 2.69. The molecule has 7 nitrogen and oxygen atoms in total. The number of carbonyl (C=O) groups is 1. The summed E-state index contributed by atoms with van der Waals surface area (Å²) in [7, 11) is -4.48. The number of carboxylic acids is 1. The smallest absolute Gasteiger partial charge is 0.376 e. The van der Waals surface area contributed by atoms with Crippen LogP contribution in [0.15, 0.2) is 18.3 Å². The van der Waals surface area contributed by atoms with Gasteiger partial charge in [-0.05, 0) is 12.1 Å². The number of imidazole rings is 1. The molecule has 0 saturated carbocycles. The number of hydrogen-bond donors (Lipinski definition) is 3. The summed E-state index contributed by atoms with van der Waals surface area (Å²) in [4.78, 5) is 32.5. The van der Waals surface area contributed by atoms with Crippen molar-refractivity contribution in [3.8, 4) is 0 Å². The van der Waals surface area contributed by atoms with E-state index in [-0.39, 0.29) is 22.8 Å². The summed E-state index contributed by atoms with van der Waals surface area (Å²) in [5.41, 5.74) is 0.0271. The molecule has 2 aromatic heterocycles. The highest BCUT2D eigenvalue weighted by molar-refractivity contribution is 7.60. The van der Waals surface area contributed by atoms with Crippen LogP contribution in [0.3, 0.4) is 0 Å². The Kier molecular flexibility index (Phi) is 3.16. The zero-order chi connectivity index (χ0) is 13.5. The van der Waals surface area contributed by atoms with Crippen molar-refractivity contribution in [2.75, 3.05) is 0 Å². The molecule has 0 bridgehead atoms. The summed E-state index contributed by atoms with van der Waals surface area (Å²) in [5, 5.41) is 8.97. The maximum Gasteiger partial charge on any atom is 0.376 e. The van der Waals surface area contributed by atoms with Gasteiger partial charge in [-0.25, -0.2) is 4.98 Å². The second-order valence-electron chi connectivity index (χ2n) is 3.57. The van der Waals surface area contributed by atoms with Crippen molar-refractivity contribution in [2.24, 2.45) is 0 Å². The second kappa shape index (κ2) is 4.37. The second-order valence-corrected chi connectivity index (χ2v) is 5.52. The van der Waals surface area contributed by atoms with Crippen LogP contribution in [0.5, 0.6) is 0 Å². The van der Waals surface area contributed by atoms with Crippen LogP contribution in [0.25, 0.3) is 5.65 Å². The van der Waals surface area contributed by atoms with Crippen LogP contribution in [-0.4, -0.2) is 30.2 Å². The molecule has 9 heteroatoms. The highest BCUT2D eigenvalue weighted by Gasteiger charge is 2.22. The van der Waals surface area contributed by atoms with Crippen molar-refractivity contribution in [2.45, 2.75) is 6.42 Å². The molecule has 0 spiro atoms. The maximum atomic E-state index is 11.1. The molecule has 18 heavy (non-hydrogen) atoms. The minimum Gasteiger partial charge on any atom is -0.481 e. The lowest BCUT2D eigenvalue weighted by molar-refractivity contribution is -0.136. The number of nitrogens with zero attached hydrogens (tertiary/aromatic N) is 2. The normalized spacial score (nSPS) is 11.9. The highest BCUT2D eigenvalue weighted by atomic mass is 35.5. The molecule has 0 aliphatic rings. The van der Waals surface area contributed by atoms with Crippen molar-refractivity contribution < 1.29 is 24.3 Å². The van der Waals surface area contributed by atoms with Crippen LogP contribution in [0.2, 0.25) is 5.02 Å². The number of pyridine rings is 1. The predicted octanol–water partition coefficient (Wildman–Crippen LogP) is 0.418. The Hall–Kier alpha value is -1.40. The van der Waals surface area contributed by atoms with E-state index in [0.717, 1.165) is 6.20 Å². The minimum absolute atomic E-state index is 0.194. The molecule has 96 valence electrons. The first kappa shape index (κ1) is 13.0. The minimum atomic E-state index is -4.48. The lowest BCUT2D eigenvalue weighted by atomic mass is 10.2.